The van der Waals surface area contributed by atoms with Crippen LogP contribution in [-0.4, -0.2) is 23.3 Å². The van der Waals surface area contributed by atoms with Gasteiger partial charge in [0, 0.05) is 36.9 Å². The second kappa shape index (κ2) is 7.60. The maximum atomic E-state index is 11.9. The first-order chi connectivity index (χ1) is 12.5. The standard InChI is InChI=1S/C19H16N2O5/c22-18-2-1-13-20(18)15-8-10-17(11-9-15)26-19(23)12-5-14-3-6-16(7-4-14)21(24)25/h3-12H,1-2,13H2/b12-5+. The number of non-ortho nitro benzene ring substituents is 1. The van der Waals surface area contributed by atoms with E-state index >= 15 is 0 Å². The smallest absolute Gasteiger partial charge is 0.336 e. The summed E-state index contributed by atoms with van der Waals surface area (Å²) in [5.74, 6) is -0.0899. The van der Waals surface area contributed by atoms with Gasteiger partial charge in [0.05, 0.1) is 4.92 Å². The van der Waals surface area contributed by atoms with E-state index in [0.717, 1.165) is 12.1 Å². The van der Waals surface area contributed by atoms with E-state index in [-0.39, 0.29) is 11.6 Å². The summed E-state index contributed by atoms with van der Waals surface area (Å²) in [6.07, 6.45) is 4.18. The van der Waals surface area contributed by atoms with Gasteiger partial charge >= 0.3 is 5.97 Å². The fourth-order valence-electron chi connectivity index (χ4n) is 2.64. The third kappa shape index (κ3) is 4.13. The minimum atomic E-state index is -0.562. The van der Waals surface area contributed by atoms with Crippen molar-refractivity contribution in [2.75, 3.05) is 11.4 Å². The molecular formula is C19H16N2O5. The van der Waals surface area contributed by atoms with Crippen LogP contribution in [0.5, 0.6) is 5.75 Å². The molecule has 2 aromatic carbocycles. The van der Waals surface area contributed by atoms with Crippen molar-refractivity contribution in [3.8, 4) is 5.75 Å². The summed E-state index contributed by atoms with van der Waals surface area (Å²) in [4.78, 5) is 35.4. The average molecular weight is 352 g/mol. The molecule has 7 heteroatoms. The van der Waals surface area contributed by atoms with Crippen molar-refractivity contribution in [3.63, 3.8) is 0 Å². The fourth-order valence-corrected chi connectivity index (χ4v) is 2.64. The highest BCUT2D eigenvalue weighted by Crippen LogP contribution is 2.24. The van der Waals surface area contributed by atoms with Gasteiger partial charge in [-0.05, 0) is 54.5 Å². The lowest BCUT2D eigenvalue weighted by atomic mass is 10.2. The van der Waals surface area contributed by atoms with Gasteiger partial charge in [-0.25, -0.2) is 4.79 Å². The summed E-state index contributed by atoms with van der Waals surface area (Å²) in [6.45, 7) is 0.704. The van der Waals surface area contributed by atoms with Gasteiger partial charge in [-0.1, -0.05) is 0 Å². The topological polar surface area (TPSA) is 89.8 Å². The number of anilines is 1. The highest BCUT2D eigenvalue weighted by Gasteiger charge is 2.21. The van der Waals surface area contributed by atoms with Crippen LogP contribution in [0.4, 0.5) is 11.4 Å². The number of carbonyl (C=O) groups excluding carboxylic acids is 2. The van der Waals surface area contributed by atoms with Crippen molar-refractivity contribution in [2.45, 2.75) is 12.8 Å². The molecule has 0 atom stereocenters. The number of benzene rings is 2. The third-order valence-corrected chi connectivity index (χ3v) is 3.96. The number of hydrogen-bond acceptors (Lipinski definition) is 5. The molecule has 0 radical (unpaired) electrons. The van der Waals surface area contributed by atoms with E-state index in [1.165, 1.54) is 24.3 Å². The van der Waals surface area contributed by atoms with Crippen LogP contribution in [0.1, 0.15) is 18.4 Å². The van der Waals surface area contributed by atoms with E-state index in [9.17, 15) is 19.7 Å². The second-order valence-electron chi connectivity index (χ2n) is 5.75. The van der Waals surface area contributed by atoms with Crippen molar-refractivity contribution >= 4 is 29.3 Å². The molecule has 0 saturated carbocycles. The molecular weight excluding hydrogens is 336 g/mol. The molecule has 132 valence electrons. The van der Waals surface area contributed by atoms with Gasteiger partial charge in [-0.15, -0.1) is 0 Å². The monoisotopic (exact) mass is 352 g/mol. The largest absolute Gasteiger partial charge is 0.423 e. The quantitative estimate of drug-likeness (QED) is 0.271. The van der Waals surface area contributed by atoms with Crippen LogP contribution in [-0.2, 0) is 9.59 Å². The molecule has 0 bridgehead atoms. The Bertz CT molecular complexity index is 857. The SMILES string of the molecule is O=C(/C=C/c1ccc([N+](=O)[O-])cc1)Oc1ccc(N2CCCC2=O)cc1. The molecule has 0 aliphatic carbocycles. The van der Waals surface area contributed by atoms with Crippen molar-refractivity contribution in [3.05, 3.63) is 70.3 Å². The first kappa shape index (κ1) is 17.3. The van der Waals surface area contributed by atoms with Gasteiger partial charge in [-0.2, -0.15) is 0 Å². The molecule has 1 saturated heterocycles. The predicted octanol–water partition coefficient (Wildman–Crippen LogP) is 3.34. The average Bonchev–Trinajstić information content (AvgIpc) is 3.07. The van der Waals surface area contributed by atoms with Gasteiger partial charge in [0.2, 0.25) is 5.91 Å². The number of nitro groups is 1. The normalized spacial score (nSPS) is 14.0. The van der Waals surface area contributed by atoms with Crippen molar-refractivity contribution in [2.24, 2.45) is 0 Å². The van der Waals surface area contributed by atoms with Crippen LogP contribution in [0.25, 0.3) is 6.08 Å². The van der Waals surface area contributed by atoms with Crippen LogP contribution in [0.15, 0.2) is 54.6 Å². The fraction of sp³-hybridized carbons (Fsp3) is 0.158. The minimum Gasteiger partial charge on any atom is -0.423 e. The Morgan fingerprint density at radius 2 is 1.81 bits per heavy atom. The Morgan fingerprint density at radius 3 is 2.38 bits per heavy atom. The van der Waals surface area contributed by atoms with Crippen LogP contribution in [0, 0.1) is 10.1 Å². The van der Waals surface area contributed by atoms with Crippen molar-refractivity contribution in [1.29, 1.82) is 0 Å². The third-order valence-electron chi connectivity index (χ3n) is 3.96. The molecule has 7 nitrogen and oxygen atoms in total. The molecule has 1 aliphatic rings. The van der Waals surface area contributed by atoms with Crippen molar-refractivity contribution in [1.82, 2.24) is 0 Å². The molecule has 0 aromatic heterocycles. The second-order valence-corrected chi connectivity index (χ2v) is 5.75. The Balaban J connectivity index is 1.59. The van der Waals surface area contributed by atoms with Crippen LogP contribution in [0.3, 0.4) is 0 Å². The minimum absolute atomic E-state index is 0.0127. The van der Waals surface area contributed by atoms with E-state index in [1.807, 2.05) is 0 Å². The zero-order valence-electron chi connectivity index (χ0n) is 13.8. The van der Waals surface area contributed by atoms with Gasteiger partial charge < -0.3 is 9.64 Å². The van der Waals surface area contributed by atoms with Crippen LogP contribution < -0.4 is 9.64 Å². The highest BCUT2D eigenvalue weighted by atomic mass is 16.6. The summed E-state index contributed by atoms with van der Waals surface area (Å²) in [5, 5.41) is 10.6. The van der Waals surface area contributed by atoms with Crippen molar-refractivity contribution < 1.29 is 19.2 Å². The van der Waals surface area contributed by atoms with E-state index < -0.39 is 10.9 Å². The molecule has 1 amide bonds. The molecule has 2 aromatic rings. The highest BCUT2D eigenvalue weighted by molar-refractivity contribution is 5.95. The molecule has 0 unspecified atom stereocenters. The number of amides is 1. The first-order valence-corrected chi connectivity index (χ1v) is 8.08. The van der Waals surface area contributed by atoms with Gasteiger partial charge in [-0.3, -0.25) is 14.9 Å². The van der Waals surface area contributed by atoms with Gasteiger partial charge in [0.15, 0.2) is 0 Å². The molecule has 1 aliphatic heterocycles. The lowest BCUT2D eigenvalue weighted by molar-refractivity contribution is -0.384. The number of ether oxygens (including phenoxy) is 1. The Kier molecular flexibility index (Phi) is 5.07. The molecule has 1 heterocycles. The number of hydrogen-bond donors (Lipinski definition) is 0. The Labute approximate surface area is 149 Å². The lowest BCUT2D eigenvalue weighted by Crippen LogP contribution is -2.23. The number of carbonyl (C=O) groups is 2. The van der Waals surface area contributed by atoms with Crippen LogP contribution >= 0.6 is 0 Å². The number of esters is 1. The van der Waals surface area contributed by atoms with Gasteiger partial charge in [0.25, 0.3) is 5.69 Å². The Morgan fingerprint density at radius 1 is 1.12 bits per heavy atom. The van der Waals surface area contributed by atoms with Gasteiger partial charge in [0.1, 0.15) is 5.75 Å². The molecule has 26 heavy (non-hydrogen) atoms. The first-order valence-electron chi connectivity index (χ1n) is 8.08. The maximum Gasteiger partial charge on any atom is 0.336 e. The Hall–Kier alpha value is -3.48. The molecule has 0 N–H and O–H groups in total. The molecule has 1 fully saturated rings. The lowest BCUT2D eigenvalue weighted by Gasteiger charge is -2.15. The number of nitrogens with zero attached hydrogens (tertiary/aromatic N) is 2. The van der Waals surface area contributed by atoms with E-state index in [4.69, 9.17) is 4.74 Å². The zero-order chi connectivity index (χ0) is 18.5. The van der Waals surface area contributed by atoms with E-state index in [0.29, 0.717) is 24.3 Å². The number of nitro benzene ring substituents is 1. The summed E-state index contributed by atoms with van der Waals surface area (Å²) in [7, 11) is 0. The summed E-state index contributed by atoms with van der Waals surface area (Å²) < 4.78 is 5.21. The molecule has 0 spiro atoms. The molecule has 3 rings (SSSR count). The summed E-state index contributed by atoms with van der Waals surface area (Å²) >= 11 is 0. The van der Waals surface area contributed by atoms with E-state index in [1.54, 1.807) is 41.3 Å². The maximum absolute atomic E-state index is 11.9. The zero-order valence-corrected chi connectivity index (χ0v) is 13.8. The predicted molar refractivity (Wildman–Crippen MR) is 95.8 cm³/mol. The summed E-state index contributed by atoms with van der Waals surface area (Å²) in [6, 6.07) is 12.6. The van der Waals surface area contributed by atoms with E-state index in [2.05, 4.69) is 0 Å². The summed E-state index contributed by atoms with van der Waals surface area (Å²) in [5.41, 5.74) is 1.42. The van der Waals surface area contributed by atoms with Crippen LogP contribution in [0.2, 0.25) is 0 Å². The number of rotatable bonds is 5.